The van der Waals surface area contributed by atoms with E-state index in [0.717, 1.165) is 49.5 Å². The molecule has 3 heterocycles. The van der Waals surface area contributed by atoms with Gasteiger partial charge in [-0.15, -0.1) is 11.3 Å². The van der Waals surface area contributed by atoms with Gasteiger partial charge in [0.1, 0.15) is 22.3 Å². The Hall–Kier alpha value is -2.26. The number of amides is 1. The fourth-order valence-electron chi connectivity index (χ4n) is 2.56. The van der Waals surface area contributed by atoms with Gasteiger partial charge in [-0.25, -0.2) is 15.0 Å². The van der Waals surface area contributed by atoms with Crippen LogP contribution in [0.1, 0.15) is 21.2 Å². The topological polar surface area (TPSA) is 92.3 Å². The molecular weight excluding hydrogens is 340 g/mol. The summed E-state index contributed by atoms with van der Waals surface area (Å²) in [6.07, 6.45) is 0. The number of rotatable bonds is 6. The molecule has 1 saturated heterocycles. The number of thiazole rings is 1. The maximum absolute atomic E-state index is 12.0. The smallest absolute Gasteiger partial charge is 0.263 e. The molecule has 0 aromatic carbocycles. The molecule has 1 amide bonds. The van der Waals surface area contributed by atoms with Gasteiger partial charge < -0.3 is 20.3 Å². The van der Waals surface area contributed by atoms with E-state index in [1.165, 1.54) is 11.3 Å². The van der Waals surface area contributed by atoms with E-state index in [1.807, 2.05) is 19.9 Å². The maximum atomic E-state index is 12.0. The highest BCUT2D eigenvalue weighted by molar-refractivity contribution is 7.11. The number of morpholine rings is 1. The Morgan fingerprint density at radius 1 is 1.28 bits per heavy atom. The van der Waals surface area contributed by atoms with Gasteiger partial charge in [-0.3, -0.25) is 4.79 Å². The largest absolute Gasteiger partial charge is 0.378 e. The van der Waals surface area contributed by atoms with Gasteiger partial charge in [-0.2, -0.15) is 0 Å². The zero-order valence-electron chi connectivity index (χ0n) is 14.4. The highest BCUT2D eigenvalue weighted by Crippen LogP contribution is 2.17. The molecule has 1 aliphatic heterocycles. The third kappa shape index (κ3) is 4.64. The molecule has 25 heavy (non-hydrogen) atoms. The molecule has 8 nitrogen and oxygen atoms in total. The summed E-state index contributed by atoms with van der Waals surface area (Å²) in [4.78, 5) is 27.9. The summed E-state index contributed by atoms with van der Waals surface area (Å²) in [5.74, 6) is 2.30. The van der Waals surface area contributed by atoms with E-state index in [0.29, 0.717) is 18.0 Å². The Labute approximate surface area is 150 Å². The fourth-order valence-corrected chi connectivity index (χ4v) is 3.28. The molecule has 3 rings (SSSR count). The Bertz CT molecular complexity index is 729. The van der Waals surface area contributed by atoms with E-state index in [-0.39, 0.29) is 5.91 Å². The van der Waals surface area contributed by atoms with Crippen LogP contribution in [0.5, 0.6) is 0 Å². The fraction of sp³-hybridized carbons (Fsp3) is 0.500. The first kappa shape index (κ1) is 17.6. The number of aryl methyl sites for hydroxylation is 2. The van der Waals surface area contributed by atoms with E-state index in [2.05, 4.69) is 30.5 Å². The highest BCUT2D eigenvalue weighted by Gasteiger charge is 2.14. The summed E-state index contributed by atoms with van der Waals surface area (Å²) in [6, 6.07) is 1.94. The van der Waals surface area contributed by atoms with Crippen molar-refractivity contribution in [2.75, 3.05) is 49.6 Å². The lowest BCUT2D eigenvalue weighted by molar-refractivity contribution is 0.0958. The van der Waals surface area contributed by atoms with Gasteiger partial charge in [-0.05, 0) is 13.8 Å². The Balaban J connectivity index is 1.52. The van der Waals surface area contributed by atoms with Crippen LogP contribution >= 0.6 is 11.3 Å². The van der Waals surface area contributed by atoms with Gasteiger partial charge in [-0.1, -0.05) is 0 Å². The van der Waals surface area contributed by atoms with Crippen LogP contribution < -0.4 is 15.5 Å². The van der Waals surface area contributed by atoms with Gasteiger partial charge in [0.05, 0.1) is 24.4 Å². The number of nitrogens with zero attached hydrogens (tertiary/aromatic N) is 4. The summed E-state index contributed by atoms with van der Waals surface area (Å²) >= 11 is 1.35. The first-order valence-corrected chi connectivity index (χ1v) is 9.12. The minimum atomic E-state index is -0.0883. The number of hydrogen-bond acceptors (Lipinski definition) is 8. The molecule has 0 atom stereocenters. The van der Waals surface area contributed by atoms with Crippen molar-refractivity contribution < 1.29 is 9.53 Å². The van der Waals surface area contributed by atoms with Crippen molar-refractivity contribution in [1.29, 1.82) is 0 Å². The Morgan fingerprint density at radius 2 is 2.08 bits per heavy atom. The zero-order valence-corrected chi connectivity index (χ0v) is 15.2. The van der Waals surface area contributed by atoms with Crippen LogP contribution in [0.25, 0.3) is 0 Å². The quantitative estimate of drug-likeness (QED) is 0.747. The summed E-state index contributed by atoms with van der Waals surface area (Å²) in [6.45, 7) is 7.91. The number of carbonyl (C=O) groups is 1. The van der Waals surface area contributed by atoms with Gasteiger partial charge in [0, 0.05) is 32.2 Å². The van der Waals surface area contributed by atoms with Crippen molar-refractivity contribution in [3.05, 3.63) is 28.0 Å². The van der Waals surface area contributed by atoms with E-state index in [1.54, 1.807) is 5.51 Å². The molecule has 2 N–H and O–H groups in total. The van der Waals surface area contributed by atoms with Crippen LogP contribution in [0.3, 0.4) is 0 Å². The van der Waals surface area contributed by atoms with Crippen molar-refractivity contribution in [2.24, 2.45) is 0 Å². The maximum Gasteiger partial charge on any atom is 0.263 e. The Morgan fingerprint density at radius 3 is 2.80 bits per heavy atom. The lowest BCUT2D eigenvalue weighted by Crippen LogP contribution is -2.37. The van der Waals surface area contributed by atoms with Gasteiger partial charge in [0.15, 0.2) is 0 Å². The molecule has 2 aromatic rings. The predicted molar refractivity (Wildman–Crippen MR) is 97.5 cm³/mol. The first-order valence-electron chi connectivity index (χ1n) is 8.24. The standard InChI is InChI=1S/C16H22N6O2S/c1-11-15(25-10-19-11)16(23)18-4-3-17-13-9-14(21-12(2)20-13)22-5-7-24-8-6-22/h9-10H,3-8H2,1-2H3,(H,18,23)(H,17,20,21). The number of nitrogens with one attached hydrogen (secondary N) is 2. The molecular formula is C16H22N6O2S. The molecule has 0 bridgehead atoms. The minimum absolute atomic E-state index is 0.0883. The number of carbonyl (C=O) groups excluding carboxylic acids is 1. The van der Waals surface area contributed by atoms with Gasteiger partial charge >= 0.3 is 0 Å². The molecule has 0 spiro atoms. The minimum Gasteiger partial charge on any atom is -0.378 e. The highest BCUT2D eigenvalue weighted by atomic mass is 32.1. The molecule has 0 radical (unpaired) electrons. The number of hydrogen-bond donors (Lipinski definition) is 2. The van der Waals surface area contributed by atoms with Crippen LogP contribution in [0, 0.1) is 13.8 Å². The van der Waals surface area contributed by atoms with Crippen LogP contribution in [-0.2, 0) is 4.74 Å². The third-order valence-corrected chi connectivity index (χ3v) is 4.76. The molecule has 9 heteroatoms. The van der Waals surface area contributed by atoms with Crippen LogP contribution in [0.2, 0.25) is 0 Å². The lowest BCUT2D eigenvalue weighted by Gasteiger charge is -2.28. The molecule has 0 aliphatic carbocycles. The predicted octanol–water partition coefficient (Wildman–Crippen LogP) is 1.23. The Kier molecular flexibility index (Phi) is 5.77. The SMILES string of the molecule is Cc1nc(NCCNC(=O)c2scnc2C)cc(N2CCOCC2)n1. The van der Waals surface area contributed by atoms with E-state index in [9.17, 15) is 4.79 Å². The average molecular weight is 362 g/mol. The van der Waals surface area contributed by atoms with Crippen molar-refractivity contribution in [1.82, 2.24) is 20.3 Å². The second kappa shape index (κ2) is 8.21. The van der Waals surface area contributed by atoms with Crippen LogP contribution in [0.4, 0.5) is 11.6 Å². The van der Waals surface area contributed by atoms with E-state index < -0.39 is 0 Å². The van der Waals surface area contributed by atoms with Gasteiger partial charge in [0.2, 0.25) is 0 Å². The molecule has 1 fully saturated rings. The molecule has 2 aromatic heterocycles. The van der Waals surface area contributed by atoms with Crippen LogP contribution in [-0.4, -0.2) is 60.3 Å². The number of ether oxygens (including phenoxy) is 1. The van der Waals surface area contributed by atoms with E-state index >= 15 is 0 Å². The van der Waals surface area contributed by atoms with Crippen molar-refractivity contribution in [2.45, 2.75) is 13.8 Å². The normalized spacial score (nSPS) is 14.4. The molecule has 0 saturated carbocycles. The van der Waals surface area contributed by atoms with Crippen molar-refractivity contribution in [3.8, 4) is 0 Å². The summed E-state index contributed by atoms with van der Waals surface area (Å²) < 4.78 is 5.38. The monoisotopic (exact) mass is 362 g/mol. The number of aromatic nitrogens is 3. The first-order chi connectivity index (χ1) is 12.1. The molecule has 1 aliphatic rings. The molecule has 134 valence electrons. The van der Waals surface area contributed by atoms with Crippen LogP contribution in [0.15, 0.2) is 11.6 Å². The third-order valence-electron chi connectivity index (χ3n) is 3.83. The van der Waals surface area contributed by atoms with E-state index in [4.69, 9.17) is 4.74 Å². The van der Waals surface area contributed by atoms with Crippen molar-refractivity contribution in [3.63, 3.8) is 0 Å². The second-order valence-electron chi connectivity index (χ2n) is 5.71. The summed E-state index contributed by atoms with van der Waals surface area (Å²) in [5, 5.41) is 6.13. The summed E-state index contributed by atoms with van der Waals surface area (Å²) in [5.41, 5.74) is 2.44. The lowest BCUT2D eigenvalue weighted by atomic mass is 10.3. The zero-order chi connectivity index (χ0) is 17.6. The molecule has 0 unspecified atom stereocenters. The second-order valence-corrected chi connectivity index (χ2v) is 6.56. The van der Waals surface area contributed by atoms with Gasteiger partial charge in [0.25, 0.3) is 5.91 Å². The average Bonchev–Trinajstić information content (AvgIpc) is 3.05. The number of anilines is 2. The summed E-state index contributed by atoms with van der Waals surface area (Å²) in [7, 11) is 0. The van der Waals surface area contributed by atoms with Crippen molar-refractivity contribution >= 4 is 28.9 Å².